The molecule has 0 aromatic carbocycles. The first-order valence-corrected chi connectivity index (χ1v) is 7.51. The molecule has 0 amide bonds. The Kier molecular flexibility index (Phi) is 4.04. The lowest BCUT2D eigenvalue weighted by Crippen LogP contribution is -2.54. The van der Waals surface area contributed by atoms with Crippen LogP contribution >= 0.6 is 0 Å². The van der Waals surface area contributed by atoms with Gasteiger partial charge in [0.2, 0.25) is 5.95 Å². The molecule has 9 nitrogen and oxygen atoms in total. The average molecular weight is 351 g/mol. The predicted molar refractivity (Wildman–Crippen MR) is 86.7 cm³/mol. The first-order valence-electron chi connectivity index (χ1n) is 7.51. The molecule has 2 aromatic rings. The number of hydrogen-bond donors (Lipinski definition) is 5. The van der Waals surface area contributed by atoms with E-state index in [1.54, 1.807) is 0 Å². The Hall–Kier alpha value is -2.45. The number of fused-ring (bicyclic) bond motifs is 1. The maximum atomic E-state index is 14.3. The quantitative estimate of drug-likeness (QED) is 0.426. The van der Waals surface area contributed by atoms with Crippen LogP contribution in [0, 0.1) is 17.7 Å². The molecule has 1 saturated heterocycles. The van der Waals surface area contributed by atoms with Crippen molar-refractivity contribution in [2.75, 3.05) is 5.73 Å². The van der Waals surface area contributed by atoms with E-state index in [0.717, 1.165) is 10.8 Å². The van der Waals surface area contributed by atoms with Gasteiger partial charge in [-0.3, -0.25) is 14.3 Å². The van der Waals surface area contributed by atoms with Crippen LogP contribution < -0.4 is 17.0 Å². The zero-order valence-corrected chi connectivity index (χ0v) is 13.5. The molecule has 7 N–H and O–H groups in total. The van der Waals surface area contributed by atoms with Gasteiger partial charge in [0.05, 0.1) is 6.10 Å². The van der Waals surface area contributed by atoms with Crippen molar-refractivity contribution in [1.82, 2.24) is 14.5 Å². The highest BCUT2D eigenvalue weighted by Crippen LogP contribution is 2.39. The third-order valence-electron chi connectivity index (χ3n) is 4.22. The summed E-state index contributed by atoms with van der Waals surface area (Å²) in [4.78, 5) is 18.1. The van der Waals surface area contributed by atoms with Gasteiger partial charge in [-0.2, -0.15) is 4.98 Å². The van der Waals surface area contributed by atoms with Gasteiger partial charge in [0.15, 0.2) is 23.2 Å². The maximum Gasteiger partial charge on any atom is 0.264 e. The highest BCUT2D eigenvalue weighted by Gasteiger charge is 2.56. The molecule has 25 heavy (non-hydrogen) atoms. The Morgan fingerprint density at radius 1 is 1.60 bits per heavy atom. The standard InChI is InChI=1S/C15H18FN5O4/c1-3-4-15(18)10(23)9(6(2)22)25-13(15)21-5-7(16)8-11(21)19-14(17)20-12(8)24/h5-6,9-10,13,22-23H,18H2,1-2H3,(H3,17,19,20,24)/t6-,9-,10?,13-,15?/m1/s1. The molecule has 1 aliphatic rings. The molecule has 10 heteroatoms. The van der Waals surface area contributed by atoms with E-state index in [1.807, 2.05) is 0 Å². The molecular formula is C15H18FN5O4. The highest BCUT2D eigenvalue weighted by atomic mass is 19.1. The lowest BCUT2D eigenvalue weighted by atomic mass is 9.90. The normalized spacial score (nSPS) is 30.2. The van der Waals surface area contributed by atoms with Gasteiger partial charge < -0.3 is 26.4 Å². The molecule has 0 aliphatic carbocycles. The van der Waals surface area contributed by atoms with Crippen molar-refractivity contribution < 1.29 is 19.3 Å². The number of aromatic amines is 1. The van der Waals surface area contributed by atoms with Gasteiger partial charge in [-0.05, 0) is 13.8 Å². The fourth-order valence-electron chi connectivity index (χ4n) is 3.09. The van der Waals surface area contributed by atoms with E-state index in [2.05, 4.69) is 21.8 Å². The molecule has 2 unspecified atom stereocenters. The Morgan fingerprint density at radius 3 is 2.88 bits per heavy atom. The first kappa shape index (κ1) is 17.4. The van der Waals surface area contributed by atoms with Gasteiger partial charge in [-0.15, -0.1) is 5.92 Å². The first-order chi connectivity index (χ1) is 11.7. The molecule has 3 heterocycles. The van der Waals surface area contributed by atoms with Crippen LogP contribution in [0.15, 0.2) is 11.0 Å². The summed E-state index contributed by atoms with van der Waals surface area (Å²) in [7, 11) is 0. The predicted octanol–water partition coefficient (Wildman–Crippen LogP) is -1.19. The second-order valence-corrected chi connectivity index (χ2v) is 5.98. The van der Waals surface area contributed by atoms with Gasteiger partial charge in [-0.25, -0.2) is 4.39 Å². The average Bonchev–Trinajstić information content (AvgIpc) is 2.96. The topological polar surface area (TPSA) is 152 Å². The third kappa shape index (κ3) is 2.49. The highest BCUT2D eigenvalue weighted by molar-refractivity contribution is 5.77. The van der Waals surface area contributed by atoms with Crippen molar-refractivity contribution in [3.8, 4) is 11.8 Å². The van der Waals surface area contributed by atoms with E-state index in [-0.39, 0.29) is 17.0 Å². The molecule has 1 fully saturated rings. The minimum atomic E-state index is -1.66. The fraction of sp³-hybridized carbons (Fsp3) is 0.467. The monoisotopic (exact) mass is 351 g/mol. The minimum Gasteiger partial charge on any atom is -0.391 e. The molecule has 0 spiro atoms. The van der Waals surface area contributed by atoms with Crippen molar-refractivity contribution >= 4 is 17.0 Å². The molecular weight excluding hydrogens is 333 g/mol. The third-order valence-corrected chi connectivity index (χ3v) is 4.22. The number of nitrogens with two attached hydrogens (primary N) is 2. The van der Waals surface area contributed by atoms with Gasteiger partial charge in [0, 0.05) is 6.20 Å². The van der Waals surface area contributed by atoms with E-state index >= 15 is 0 Å². The minimum absolute atomic E-state index is 0.102. The summed E-state index contributed by atoms with van der Waals surface area (Å²) in [5, 5.41) is 20.0. The van der Waals surface area contributed by atoms with Crippen molar-refractivity contribution in [1.29, 1.82) is 0 Å². The Labute approximate surface area is 141 Å². The number of nitrogens with one attached hydrogen (secondary N) is 1. The van der Waals surface area contributed by atoms with Gasteiger partial charge >= 0.3 is 0 Å². The van der Waals surface area contributed by atoms with Crippen molar-refractivity contribution in [2.24, 2.45) is 5.73 Å². The second kappa shape index (κ2) is 5.82. The maximum absolute atomic E-state index is 14.3. The number of aliphatic hydroxyl groups excluding tert-OH is 2. The van der Waals surface area contributed by atoms with Crippen molar-refractivity contribution in [3.63, 3.8) is 0 Å². The zero-order chi connectivity index (χ0) is 18.5. The van der Waals surface area contributed by atoms with Gasteiger partial charge in [0.25, 0.3) is 5.56 Å². The molecule has 3 rings (SSSR count). The summed E-state index contributed by atoms with van der Waals surface area (Å²) in [5.41, 5.74) is 9.27. The summed E-state index contributed by atoms with van der Waals surface area (Å²) in [6.07, 6.45) is -3.70. The van der Waals surface area contributed by atoms with Crippen LogP contribution in [-0.2, 0) is 4.74 Å². The van der Waals surface area contributed by atoms with Crippen LogP contribution in [0.5, 0.6) is 0 Å². The summed E-state index contributed by atoms with van der Waals surface area (Å²) in [5.74, 6) is 4.19. The fourth-order valence-corrected chi connectivity index (χ4v) is 3.09. The molecule has 1 aliphatic heterocycles. The van der Waals surface area contributed by atoms with E-state index in [9.17, 15) is 19.4 Å². The number of H-pyrrole nitrogens is 1. The number of ether oxygens (including phenoxy) is 1. The molecule has 134 valence electrons. The largest absolute Gasteiger partial charge is 0.391 e. The van der Waals surface area contributed by atoms with Gasteiger partial charge in [-0.1, -0.05) is 5.92 Å². The summed E-state index contributed by atoms with van der Waals surface area (Å²) in [6, 6.07) is 0. The number of rotatable bonds is 2. The van der Waals surface area contributed by atoms with Crippen molar-refractivity contribution in [3.05, 3.63) is 22.4 Å². The van der Waals surface area contributed by atoms with Crippen LogP contribution in [0.25, 0.3) is 11.0 Å². The SMILES string of the molecule is CC#CC1(N)C(O)[C@@H]([C@@H](C)O)O[C@H]1n1cc(F)c2c(=O)[nH]c(N)nc21. The van der Waals surface area contributed by atoms with Crippen LogP contribution in [-0.4, -0.2) is 48.6 Å². The van der Waals surface area contributed by atoms with Crippen molar-refractivity contribution in [2.45, 2.75) is 43.9 Å². The van der Waals surface area contributed by atoms with E-state index < -0.39 is 41.5 Å². The lowest BCUT2D eigenvalue weighted by molar-refractivity contribution is -0.0756. The Morgan fingerprint density at radius 2 is 2.28 bits per heavy atom. The second-order valence-electron chi connectivity index (χ2n) is 5.98. The smallest absolute Gasteiger partial charge is 0.264 e. The molecule has 0 saturated carbocycles. The van der Waals surface area contributed by atoms with Crippen LogP contribution in [0.3, 0.4) is 0 Å². The number of nitrogen functional groups attached to an aromatic ring is 1. The van der Waals surface area contributed by atoms with Crippen LogP contribution in [0.1, 0.15) is 20.1 Å². The van der Waals surface area contributed by atoms with Gasteiger partial charge in [0.1, 0.15) is 17.6 Å². The number of anilines is 1. The number of aliphatic hydroxyl groups is 2. The molecule has 2 aromatic heterocycles. The number of aromatic nitrogens is 3. The van der Waals surface area contributed by atoms with E-state index in [4.69, 9.17) is 16.2 Å². The van der Waals surface area contributed by atoms with E-state index in [0.29, 0.717) is 0 Å². The van der Waals surface area contributed by atoms with Crippen LogP contribution in [0.2, 0.25) is 0 Å². The zero-order valence-electron chi connectivity index (χ0n) is 13.5. The lowest BCUT2D eigenvalue weighted by Gasteiger charge is -2.28. The summed E-state index contributed by atoms with van der Waals surface area (Å²) in [6.45, 7) is 2.94. The Bertz CT molecular complexity index is 943. The summed E-state index contributed by atoms with van der Waals surface area (Å²) >= 11 is 0. The molecule has 0 radical (unpaired) electrons. The number of nitrogens with zero attached hydrogens (tertiary/aromatic N) is 2. The summed E-state index contributed by atoms with van der Waals surface area (Å²) < 4.78 is 21.1. The van der Waals surface area contributed by atoms with Crippen LogP contribution in [0.4, 0.5) is 10.3 Å². The Balaban J connectivity index is 2.25. The number of hydrogen-bond acceptors (Lipinski definition) is 7. The van der Waals surface area contributed by atoms with E-state index in [1.165, 1.54) is 13.8 Å². The molecule has 0 bridgehead atoms. The number of halogens is 1. The molecule has 5 atom stereocenters.